The number of rotatable bonds is 4. The number of nitrogens with zero attached hydrogens (tertiary/aromatic N) is 1. The van der Waals surface area contributed by atoms with E-state index in [1.807, 2.05) is 6.07 Å². The van der Waals surface area contributed by atoms with Gasteiger partial charge >= 0.3 is 12.1 Å². The Morgan fingerprint density at radius 2 is 1.74 bits per heavy atom. The van der Waals surface area contributed by atoms with Crippen molar-refractivity contribution in [2.45, 2.75) is 6.18 Å². The highest BCUT2D eigenvalue weighted by Gasteiger charge is 2.36. The second-order valence-corrected chi connectivity index (χ2v) is 9.84. The fourth-order valence-electron chi connectivity index (χ4n) is 3.08. The maximum absolute atomic E-state index is 13.1. The highest BCUT2D eigenvalue weighted by Crippen LogP contribution is 2.38. The Morgan fingerprint density at radius 1 is 1.03 bits per heavy atom. The van der Waals surface area contributed by atoms with E-state index in [1.165, 1.54) is 12.1 Å². The zero-order valence-electron chi connectivity index (χ0n) is 17.0. The molecule has 3 aromatic rings. The molecule has 1 saturated heterocycles. The molecule has 1 fully saturated rings. The van der Waals surface area contributed by atoms with Gasteiger partial charge in [-0.2, -0.15) is 13.2 Å². The van der Waals surface area contributed by atoms with Crippen molar-refractivity contribution in [3.8, 4) is 5.75 Å². The zero-order chi connectivity index (χ0) is 24.5. The van der Waals surface area contributed by atoms with E-state index < -0.39 is 23.6 Å². The smallest absolute Gasteiger partial charge is 0.416 e. The molecule has 0 radical (unpaired) electrons. The Hall–Kier alpha value is -2.70. The van der Waals surface area contributed by atoms with E-state index >= 15 is 0 Å². The molecule has 0 spiro atoms. The van der Waals surface area contributed by atoms with Crippen LogP contribution < -0.4 is 9.64 Å². The molecule has 4 nitrogen and oxygen atoms in total. The summed E-state index contributed by atoms with van der Waals surface area (Å²) in [6.07, 6.45) is -2.95. The van der Waals surface area contributed by atoms with Gasteiger partial charge in [-0.15, -0.1) is 0 Å². The SMILES string of the molecule is O=C(Oc1ccc(C=C2SC(=S)N(c3cccc(C(F)(F)F)c3)C2=O)cc1)c1ccccc1I. The average molecular weight is 611 g/mol. The Morgan fingerprint density at radius 3 is 2.41 bits per heavy atom. The third kappa shape index (κ3) is 5.34. The van der Waals surface area contributed by atoms with Gasteiger partial charge in [0.25, 0.3) is 5.91 Å². The van der Waals surface area contributed by atoms with E-state index in [1.54, 1.807) is 48.5 Å². The predicted molar refractivity (Wildman–Crippen MR) is 138 cm³/mol. The monoisotopic (exact) mass is 611 g/mol. The predicted octanol–water partition coefficient (Wildman–Crippen LogP) is 6.94. The van der Waals surface area contributed by atoms with Crippen LogP contribution in [0.15, 0.2) is 77.7 Å². The molecule has 1 amide bonds. The minimum atomic E-state index is -4.53. The van der Waals surface area contributed by atoms with Crippen LogP contribution in [-0.2, 0) is 11.0 Å². The highest BCUT2D eigenvalue weighted by molar-refractivity contribution is 14.1. The van der Waals surface area contributed by atoms with Gasteiger partial charge in [-0.1, -0.05) is 54.3 Å². The van der Waals surface area contributed by atoms with Crippen molar-refractivity contribution in [1.29, 1.82) is 0 Å². The van der Waals surface area contributed by atoms with E-state index in [4.69, 9.17) is 17.0 Å². The number of hydrogen-bond acceptors (Lipinski definition) is 5. The number of halogens is 4. The van der Waals surface area contributed by atoms with Crippen LogP contribution in [0.25, 0.3) is 6.08 Å². The van der Waals surface area contributed by atoms with Crippen molar-refractivity contribution < 1.29 is 27.5 Å². The lowest BCUT2D eigenvalue weighted by molar-refractivity contribution is -0.137. The van der Waals surface area contributed by atoms with Gasteiger partial charge in [-0.25, -0.2) is 4.79 Å². The van der Waals surface area contributed by atoms with Crippen molar-refractivity contribution in [3.63, 3.8) is 0 Å². The van der Waals surface area contributed by atoms with Crippen LogP contribution in [0.5, 0.6) is 5.75 Å². The number of carbonyl (C=O) groups excluding carboxylic acids is 2. The molecule has 3 aromatic carbocycles. The molecule has 0 aromatic heterocycles. The molecule has 0 atom stereocenters. The number of anilines is 1. The standard InChI is InChI=1S/C24H13F3INO3S2/c25-24(26,27)15-4-3-5-16(13-15)29-21(30)20(34-23(29)33)12-14-8-10-17(11-9-14)32-22(31)18-6-1-2-7-19(18)28/h1-13H. The molecule has 172 valence electrons. The number of amides is 1. The van der Waals surface area contributed by atoms with Crippen molar-refractivity contribution >= 4 is 74.5 Å². The number of alkyl halides is 3. The molecular formula is C24H13F3INO3S2. The fraction of sp³-hybridized carbons (Fsp3) is 0.0417. The van der Waals surface area contributed by atoms with Gasteiger partial charge in [0.1, 0.15) is 5.75 Å². The number of carbonyl (C=O) groups is 2. The number of thiocarbonyl (C=S) groups is 1. The fourth-order valence-corrected chi connectivity index (χ4v) is 4.99. The Kier molecular flexibility index (Phi) is 7.10. The van der Waals surface area contributed by atoms with Gasteiger partial charge in [-0.3, -0.25) is 9.69 Å². The lowest BCUT2D eigenvalue weighted by atomic mass is 10.1. The van der Waals surface area contributed by atoms with E-state index in [9.17, 15) is 22.8 Å². The molecule has 0 bridgehead atoms. The first-order chi connectivity index (χ1) is 16.1. The molecule has 10 heteroatoms. The Labute approximate surface area is 215 Å². The summed E-state index contributed by atoms with van der Waals surface area (Å²) in [7, 11) is 0. The first kappa shape index (κ1) is 24.4. The van der Waals surface area contributed by atoms with Crippen molar-refractivity contribution in [1.82, 2.24) is 0 Å². The van der Waals surface area contributed by atoms with Crippen molar-refractivity contribution in [2.24, 2.45) is 0 Å². The maximum Gasteiger partial charge on any atom is 0.416 e. The first-order valence-corrected chi connectivity index (χ1v) is 12.0. The zero-order valence-corrected chi connectivity index (χ0v) is 20.8. The van der Waals surface area contributed by atoms with E-state index in [0.717, 1.165) is 32.4 Å². The average Bonchev–Trinajstić information content (AvgIpc) is 3.07. The summed E-state index contributed by atoms with van der Waals surface area (Å²) in [5.41, 5.74) is 0.279. The number of thioether (sulfide) groups is 1. The van der Waals surface area contributed by atoms with Crippen LogP contribution >= 0.6 is 46.6 Å². The molecular weight excluding hydrogens is 598 g/mol. The highest BCUT2D eigenvalue weighted by atomic mass is 127. The molecule has 1 aliphatic rings. The van der Waals surface area contributed by atoms with E-state index in [0.29, 0.717) is 16.9 Å². The number of hydrogen-bond donors (Lipinski definition) is 0. The summed E-state index contributed by atoms with van der Waals surface area (Å²) < 4.78 is 45.5. The number of ether oxygens (including phenoxy) is 1. The van der Waals surface area contributed by atoms with Crippen LogP contribution in [0.4, 0.5) is 18.9 Å². The summed E-state index contributed by atoms with van der Waals surface area (Å²) in [5, 5.41) is 0. The van der Waals surface area contributed by atoms with Crippen LogP contribution in [-0.4, -0.2) is 16.2 Å². The number of benzene rings is 3. The van der Waals surface area contributed by atoms with Gasteiger partial charge < -0.3 is 4.74 Å². The molecule has 4 rings (SSSR count). The second-order valence-electron chi connectivity index (χ2n) is 7.00. The van der Waals surface area contributed by atoms with Crippen molar-refractivity contribution in [2.75, 3.05) is 4.90 Å². The van der Waals surface area contributed by atoms with E-state index in [2.05, 4.69) is 22.6 Å². The lowest BCUT2D eigenvalue weighted by Crippen LogP contribution is -2.27. The van der Waals surface area contributed by atoms with E-state index in [-0.39, 0.29) is 14.9 Å². The quantitative estimate of drug-likeness (QED) is 0.105. The normalized spacial score (nSPS) is 15.2. The van der Waals surface area contributed by atoms with Gasteiger partial charge in [0, 0.05) is 3.57 Å². The number of esters is 1. The van der Waals surface area contributed by atoms with Gasteiger partial charge in [0.05, 0.1) is 21.7 Å². The molecule has 0 N–H and O–H groups in total. The molecule has 1 heterocycles. The maximum atomic E-state index is 13.1. The molecule has 34 heavy (non-hydrogen) atoms. The minimum absolute atomic E-state index is 0.0542. The Bertz CT molecular complexity index is 1320. The Balaban J connectivity index is 1.50. The first-order valence-electron chi connectivity index (χ1n) is 9.65. The van der Waals surface area contributed by atoms with Gasteiger partial charge in [0.15, 0.2) is 4.32 Å². The lowest BCUT2D eigenvalue weighted by Gasteiger charge is -2.16. The van der Waals surface area contributed by atoms with Crippen LogP contribution in [0, 0.1) is 3.57 Å². The molecule has 0 saturated carbocycles. The molecule has 0 aliphatic carbocycles. The van der Waals surface area contributed by atoms with Crippen LogP contribution in [0.2, 0.25) is 0 Å². The summed E-state index contributed by atoms with van der Waals surface area (Å²) in [6, 6.07) is 18.0. The van der Waals surface area contributed by atoms with Gasteiger partial charge in [-0.05, 0) is 76.7 Å². The summed E-state index contributed by atoms with van der Waals surface area (Å²) >= 11 is 8.30. The van der Waals surface area contributed by atoms with Gasteiger partial charge in [0.2, 0.25) is 0 Å². The summed E-state index contributed by atoms with van der Waals surface area (Å²) in [5.74, 6) is -0.665. The minimum Gasteiger partial charge on any atom is -0.423 e. The van der Waals surface area contributed by atoms with Crippen LogP contribution in [0.3, 0.4) is 0 Å². The third-order valence-electron chi connectivity index (χ3n) is 4.71. The topological polar surface area (TPSA) is 46.6 Å². The second kappa shape index (κ2) is 9.88. The molecule has 0 unspecified atom stereocenters. The molecule has 1 aliphatic heterocycles. The summed E-state index contributed by atoms with van der Waals surface area (Å²) in [6.45, 7) is 0. The third-order valence-corrected chi connectivity index (χ3v) is 6.95. The summed E-state index contributed by atoms with van der Waals surface area (Å²) in [4.78, 5) is 26.6. The van der Waals surface area contributed by atoms with Crippen molar-refractivity contribution in [3.05, 3.63) is 98.0 Å². The van der Waals surface area contributed by atoms with Crippen LogP contribution in [0.1, 0.15) is 21.5 Å². The largest absolute Gasteiger partial charge is 0.423 e.